The molecule has 0 aliphatic carbocycles. The minimum Gasteiger partial charge on any atom is -0.477 e. The van der Waals surface area contributed by atoms with Gasteiger partial charge >= 0.3 is 5.97 Å². The molecule has 0 saturated carbocycles. The molecule has 7 heteroatoms. The van der Waals surface area contributed by atoms with E-state index in [1.54, 1.807) is 29.6 Å². The van der Waals surface area contributed by atoms with Gasteiger partial charge in [0.05, 0.1) is 8.45 Å². The molecule has 3 rings (SSSR count). The van der Waals surface area contributed by atoms with Crippen molar-refractivity contribution >= 4 is 51.9 Å². The van der Waals surface area contributed by atoms with Gasteiger partial charge in [0, 0.05) is 0 Å². The molecule has 0 atom stereocenters. The number of ether oxygens (including phenoxy) is 1. The topological polar surface area (TPSA) is 75.6 Å². The standard InChI is InChI=1S/C21H16INO4S/c1-13-10-11-28-19(13)20(24)23-17(21(25)26)12-14-6-8-15(9-7-14)27-18-5-3-2-4-16(18)22/h2-12H,1H3,(H,23,24)(H,25,26)/b17-12-. The van der Waals surface area contributed by atoms with Crippen LogP contribution in [0.15, 0.2) is 65.7 Å². The Morgan fingerprint density at radius 1 is 1.11 bits per heavy atom. The highest BCUT2D eigenvalue weighted by Crippen LogP contribution is 2.26. The number of carboxylic acids is 1. The van der Waals surface area contributed by atoms with Crippen LogP contribution in [0.2, 0.25) is 0 Å². The van der Waals surface area contributed by atoms with Crippen molar-refractivity contribution in [3.8, 4) is 11.5 Å². The summed E-state index contributed by atoms with van der Waals surface area (Å²) in [6.07, 6.45) is 1.42. The van der Waals surface area contributed by atoms with Gasteiger partial charge in [-0.3, -0.25) is 4.79 Å². The molecule has 5 nitrogen and oxygen atoms in total. The van der Waals surface area contributed by atoms with Crippen molar-refractivity contribution in [2.45, 2.75) is 6.92 Å². The molecule has 0 spiro atoms. The highest BCUT2D eigenvalue weighted by atomic mass is 127. The quantitative estimate of drug-likeness (QED) is 0.352. The third-order valence-electron chi connectivity index (χ3n) is 3.80. The number of benzene rings is 2. The van der Waals surface area contributed by atoms with Gasteiger partial charge in [-0.05, 0) is 82.4 Å². The number of rotatable bonds is 6. The van der Waals surface area contributed by atoms with Gasteiger partial charge in [-0.2, -0.15) is 0 Å². The molecular formula is C21H16INO4S. The number of hydrogen-bond acceptors (Lipinski definition) is 4. The van der Waals surface area contributed by atoms with Crippen LogP contribution in [-0.2, 0) is 4.79 Å². The van der Waals surface area contributed by atoms with Crippen molar-refractivity contribution in [2.75, 3.05) is 0 Å². The number of para-hydroxylation sites is 1. The Bertz CT molecular complexity index is 1040. The summed E-state index contributed by atoms with van der Waals surface area (Å²) in [6.45, 7) is 1.81. The van der Waals surface area contributed by atoms with Gasteiger partial charge in [-0.25, -0.2) is 4.79 Å². The molecule has 142 valence electrons. The van der Waals surface area contributed by atoms with E-state index in [2.05, 4.69) is 27.9 Å². The number of halogens is 1. The summed E-state index contributed by atoms with van der Waals surface area (Å²) in [5.74, 6) is -0.255. The first kappa shape index (κ1) is 20.1. The number of aryl methyl sites for hydroxylation is 1. The Labute approximate surface area is 179 Å². The van der Waals surface area contributed by atoms with Gasteiger partial charge < -0.3 is 15.2 Å². The molecular weight excluding hydrogens is 489 g/mol. The molecule has 0 unspecified atom stereocenters. The minimum absolute atomic E-state index is 0.191. The van der Waals surface area contributed by atoms with Gasteiger partial charge in [0.1, 0.15) is 17.2 Å². The van der Waals surface area contributed by atoms with E-state index in [0.717, 1.165) is 14.9 Å². The van der Waals surface area contributed by atoms with E-state index in [0.29, 0.717) is 16.2 Å². The fourth-order valence-corrected chi connectivity index (χ4v) is 3.71. The zero-order valence-corrected chi connectivity index (χ0v) is 17.8. The number of carboxylic acid groups (broad SMARTS) is 1. The maximum Gasteiger partial charge on any atom is 0.352 e. The molecule has 0 aliphatic rings. The second-order valence-corrected chi connectivity index (χ2v) is 7.93. The van der Waals surface area contributed by atoms with Crippen molar-refractivity contribution in [3.05, 3.63) is 85.2 Å². The zero-order chi connectivity index (χ0) is 20.1. The van der Waals surface area contributed by atoms with Crippen LogP contribution in [0.3, 0.4) is 0 Å². The van der Waals surface area contributed by atoms with Crippen LogP contribution in [-0.4, -0.2) is 17.0 Å². The Kier molecular flexibility index (Phi) is 6.48. The number of carbonyl (C=O) groups is 2. The van der Waals surface area contributed by atoms with Gasteiger partial charge in [-0.1, -0.05) is 24.3 Å². The maximum absolute atomic E-state index is 12.3. The van der Waals surface area contributed by atoms with Crippen molar-refractivity contribution in [1.82, 2.24) is 5.32 Å². The molecule has 0 fully saturated rings. The number of aliphatic carboxylic acids is 1. The monoisotopic (exact) mass is 505 g/mol. The Balaban J connectivity index is 1.76. The fraction of sp³-hybridized carbons (Fsp3) is 0.0476. The Morgan fingerprint density at radius 2 is 1.82 bits per heavy atom. The second kappa shape index (κ2) is 9.03. The molecule has 0 radical (unpaired) electrons. The third kappa shape index (κ3) is 4.99. The summed E-state index contributed by atoms with van der Waals surface area (Å²) in [5.41, 5.74) is 1.25. The predicted molar refractivity (Wildman–Crippen MR) is 118 cm³/mol. The number of thiophene rings is 1. The predicted octanol–water partition coefficient (Wildman–Crippen LogP) is 5.31. The lowest BCUT2D eigenvalue weighted by Crippen LogP contribution is -2.27. The average molecular weight is 505 g/mol. The van der Waals surface area contributed by atoms with Gasteiger partial charge in [-0.15, -0.1) is 11.3 Å². The highest BCUT2D eigenvalue weighted by molar-refractivity contribution is 14.1. The fourth-order valence-electron chi connectivity index (χ4n) is 2.39. The van der Waals surface area contributed by atoms with Crippen LogP contribution in [0, 0.1) is 10.5 Å². The summed E-state index contributed by atoms with van der Waals surface area (Å²) in [4.78, 5) is 24.3. The van der Waals surface area contributed by atoms with Gasteiger partial charge in [0.15, 0.2) is 0 Å². The molecule has 1 aromatic heterocycles. The Morgan fingerprint density at radius 3 is 2.43 bits per heavy atom. The normalized spacial score (nSPS) is 11.1. The largest absolute Gasteiger partial charge is 0.477 e. The van der Waals surface area contributed by atoms with Crippen molar-refractivity contribution in [2.24, 2.45) is 0 Å². The summed E-state index contributed by atoms with van der Waals surface area (Å²) < 4.78 is 6.82. The first-order chi connectivity index (χ1) is 13.4. The second-order valence-electron chi connectivity index (χ2n) is 5.85. The van der Waals surface area contributed by atoms with Crippen LogP contribution in [0.4, 0.5) is 0 Å². The highest BCUT2D eigenvalue weighted by Gasteiger charge is 2.16. The van der Waals surface area contributed by atoms with E-state index in [1.165, 1.54) is 17.4 Å². The van der Waals surface area contributed by atoms with Crippen molar-refractivity contribution < 1.29 is 19.4 Å². The number of hydrogen-bond donors (Lipinski definition) is 2. The van der Waals surface area contributed by atoms with Crippen molar-refractivity contribution in [3.63, 3.8) is 0 Å². The molecule has 0 bridgehead atoms. The lowest BCUT2D eigenvalue weighted by molar-refractivity contribution is -0.132. The molecule has 2 aromatic carbocycles. The Hall–Kier alpha value is -2.65. The summed E-state index contributed by atoms with van der Waals surface area (Å²) in [5, 5.41) is 13.7. The van der Waals surface area contributed by atoms with Crippen LogP contribution in [0.25, 0.3) is 6.08 Å². The van der Waals surface area contributed by atoms with Crippen LogP contribution in [0.1, 0.15) is 20.8 Å². The molecule has 28 heavy (non-hydrogen) atoms. The van der Waals surface area contributed by atoms with E-state index in [1.807, 2.05) is 37.3 Å². The first-order valence-corrected chi connectivity index (χ1v) is 10.2. The average Bonchev–Trinajstić information content (AvgIpc) is 3.10. The van der Waals surface area contributed by atoms with Crippen LogP contribution < -0.4 is 10.1 Å². The molecule has 1 heterocycles. The first-order valence-electron chi connectivity index (χ1n) is 8.27. The van der Waals surface area contributed by atoms with Gasteiger partial charge in [0.25, 0.3) is 5.91 Å². The molecule has 2 N–H and O–H groups in total. The molecule has 1 amide bonds. The summed E-state index contributed by atoms with van der Waals surface area (Å²) >= 11 is 3.47. The van der Waals surface area contributed by atoms with E-state index < -0.39 is 11.9 Å². The van der Waals surface area contributed by atoms with Crippen molar-refractivity contribution in [1.29, 1.82) is 0 Å². The van der Waals surface area contributed by atoms with Crippen LogP contribution >= 0.6 is 33.9 Å². The van der Waals surface area contributed by atoms with E-state index in [4.69, 9.17) is 4.74 Å². The maximum atomic E-state index is 12.3. The lowest BCUT2D eigenvalue weighted by atomic mass is 10.1. The number of amides is 1. The molecule has 0 aliphatic heterocycles. The van der Waals surface area contributed by atoms with E-state index >= 15 is 0 Å². The van der Waals surface area contributed by atoms with Gasteiger partial charge in [0.2, 0.25) is 0 Å². The summed E-state index contributed by atoms with van der Waals surface area (Å²) in [7, 11) is 0. The lowest BCUT2D eigenvalue weighted by Gasteiger charge is -2.08. The smallest absolute Gasteiger partial charge is 0.352 e. The number of nitrogens with one attached hydrogen (secondary N) is 1. The molecule has 3 aromatic rings. The minimum atomic E-state index is -1.21. The van der Waals surface area contributed by atoms with E-state index in [-0.39, 0.29) is 5.70 Å². The SMILES string of the molecule is Cc1ccsc1C(=O)N/C(=C\c1ccc(Oc2ccccc2I)cc1)C(=O)O. The zero-order valence-electron chi connectivity index (χ0n) is 14.8. The van der Waals surface area contributed by atoms with E-state index in [9.17, 15) is 14.7 Å². The van der Waals surface area contributed by atoms with Crippen LogP contribution in [0.5, 0.6) is 11.5 Å². The summed E-state index contributed by atoms with van der Waals surface area (Å²) in [6, 6.07) is 16.4. The number of carbonyl (C=O) groups excluding carboxylic acids is 1. The third-order valence-corrected chi connectivity index (χ3v) is 5.71. The molecule has 0 saturated heterocycles.